The number of alkyl halides is 3. The van der Waals surface area contributed by atoms with Crippen molar-refractivity contribution in [3.8, 4) is 0 Å². The fourth-order valence-electron chi connectivity index (χ4n) is 2.05. The third-order valence-corrected chi connectivity index (χ3v) is 3.16. The maximum Gasteiger partial charge on any atom is 0.421 e. The van der Waals surface area contributed by atoms with Crippen LogP contribution < -0.4 is 10.2 Å². The monoisotopic (exact) mass is 288 g/mol. The van der Waals surface area contributed by atoms with E-state index in [4.69, 9.17) is 0 Å². The van der Waals surface area contributed by atoms with Gasteiger partial charge in [-0.05, 0) is 0 Å². The van der Waals surface area contributed by atoms with Gasteiger partial charge in [0.1, 0.15) is 17.2 Å². The molecule has 0 spiro atoms. The molecule has 2 rings (SSSR count). The first-order chi connectivity index (χ1) is 9.19. The molecule has 1 aromatic heterocycles. The van der Waals surface area contributed by atoms with Crippen LogP contribution in [0.25, 0.3) is 0 Å². The standard InChI is InChI=1S/C13H19F3N4/c1-12(2,3)11-18-8-9(13(14,15)16)10(19-11)20-6-4-17-5-7-20/h8,17H,4-7H2,1-3H3. The zero-order valence-electron chi connectivity index (χ0n) is 11.9. The summed E-state index contributed by atoms with van der Waals surface area (Å²) in [5.74, 6) is 0.429. The van der Waals surface area contributed by atoms with E-state index in [1.807, 2.05) is 20.8 Å². The van der Waals surface area contributed by atoms with Crippen molar-refractivity contribution in [2.24, 2.45) is 0 Å². The number of halogens is 3. The lowest BCUT2D eigenvalue weighted by Crippen LogP contribution is -2.45. The van der Waals surface area contributed by atoms with E-state index in [0.717, 1.165) is 6.20 Å². The summed E-state index contributed by atoms with van der Waals surface area (Å²) < 4.78 is 39.3. The highest BCUT2D eigenvalue weighted by atomic mass is 19.4. The maximum atomic E-state index is 13.1. The van der Waals surface area contributed by atoms with Crippen LogP contribution in [-0.2, 0) is 11.6 Å². The van der Waals surface area contributed by atoms with Crippen molar-refractivity contribution in [3.63, 3.8) is 0 Å². The molecule has 0 saturated carbocycles. The van der Waals surface area contributed by atoms with E-state index < -0.39 is 11.7 Å². The van der Waals surface area contributed by atoms with Crippen LogP contribution in [0.4, 0.5) is 19.0 Å². The predicted octanol–water partition coefficient (Wildman–Crippen LogP) is 2.20. The lowest BCUT2D eigenvalue weighted by molar-refractivity contribution is -0.137. The average molecular weight is 288 g/mol. The Bertz CT molecular complexity index is 473. The Morgan fingerprint density at radius 1 is 1.15 bits per heavy atom. The molecule has 0 aromatic carbocycles. The molecule has 0 radical (unpaired) electrons. The van der Waals surface area contributed by atoms with Gasteiger partial charge in [-0.3, -0.25) is 0 Å². The number of piperazine rings is 1. The Labute approximate surface area is 116 Å². The van der Waals surface area contributed by atoms with Gasteiger partial charge in [0.15, 0.2) is 0 Å². The molecule has 0 amide bonds. The summed E-state index contributed by atoms with van der Waals surface area (Å²) in [4.78, 5) is 9.78. The molecule has 1 aliphatic rings. The topological polar surface area (TPSA) is 41.1 Å². The molecule has 4 nitrogen and oxygen atoms in total. The van der Waals surface area contributed by atoms with Gasteiger partial charge in [-0.25, -0.2) is 9.97 Å². The first-order valence-corrected chi connectivity index (χ1v) is 6.60. The number of hydrogen-bond donors (Lipinski definition) is 1. The molecular formula is C13H19F3N4. The van der Waals surface area contributed by atoms with Crippen LogP contribution in [0.3, 0.4) is 0 Å². The molecule has 1 N–H and O–H groups in total. The van der Waals surface area contributed by atoms with E-state index in [9.17, 15) is 13.2 Å². The number of nitrogens with zero attached hydrogens (tertiary/aromatic N) is 3. The van der Waals surface area contributed by atoms with Gasteiger partial charge in [0.05, 0.1) is 0 Å². The molecule has 2 heterocycles. The minimum atomic E-state index is -4.43. The average Bonchev–Trinajstić information content (AvgIpc) is 2.37. The fraction of sp³-hybridized carbons (Fsp3) is 0.692. The molecule has 112 valence electrons. The van der Waals surface area contributed by atoms with E-state index >= 15 is 0 Å². The number of rotatable bonds is 1. The second-order valence-corrected chi connectivity index (χ2v) is 5.92. The Morgan fingerprint density at radius 3 is 2.25 bits per heavy atom. The quantitative estimate of drug-likeness (QED) is 0.860. The van der Waals surface area contributed by atoms with Gasteiger partial charge in [0, 0.05) is 37.8 Å². The minimum absolute atomic E-state index is 0.000995. The summed E-state index contributed by atoms with van der Waals surface area (Å²) in [6.07, 6.45) is -3.53. The molecule has 0 aliphatic carbocycles. The van der Waals surface area contributed by atoms with Crippen LogP contribution in [-0.4, -0.2) is 36.1 Å². The lowest BCUT2D eigenvalue weighted by atomic mass is 9.95. The van der Waals surface area contributed by atoms with Crippen LogP contribution in [0.5, 0.6) is 0 Å². The molecule has 0 bridgehead atoms. The summed E-state index contributed by atoms with van der Waals surface area (Å²) >= 11 is 0. The van der Waals surface area contributed by atoms with Gasteiger partial charge >= 0.3 is 6.18 Å². The van der Waals surface area contributed by atoms with Crippen LogP contribution in [0.1, 0.15) is 32.2 Å². The van der Waals surface area contributed by atoms with Crippen molar-refractivity contribution in [1.82, 2.24) is 15.3 Å². The Hall–Kier alpha value is -1.37. The van der Waals surface area contributed by atoms with E-state index in [1.54, 1.807) is 4.90 Å². The Kier molecular flexibility index (Phi) is 3.90. The number of aromatic nitrogens is 2. The van der Waals surface area contributed by atoms with Gasteiger partial charge < -0.3 is 10.2 Å². The Balaban J connectivity index is 2.48. The molecular weight excluding hydrogens is 269 g/mol. The van der Waals surface area contributed by atoms with Crippen molar-refractivity contribution >= 4 is 5.82 Å². The third kappa shape index (κ3) is 3.20. The van der Waals surface area contributed by atoms with Crippen LogP contribution in [0.15, 0.2) is 6.20 Å². The minimum Gasteiger partial charge on any atom is -0.353 e. The lowest BCUT2D eigenvalue weighted by Gasteiger charge is -2.31. The largest absolute Gasteiger partial charge is 0.421 e. The molecule has 1 saturated heterocycles. The highest BCUT2D eigenvalue weighted by Gasteiger charge is 2.37. The van der Waals surface area contributed by atoms with Crippen molar-refractivity contribution in [1.29, 1.82) is 0 Å². The second kappa shape index (κ2) is 5.20. The van der Waals surface area contributed by atoms with Crippen molar-refractivity contribution in [2.45, 2.75) is 32.4 Å². The molecule has 1 aliphatic heterocycles. The van der Waals surface area contributed by atoms with Gasteiger partial charge in [0.25, 0.3) is 0 Å². The van der Waals surface area contributed by atoms with E-state index in [0.29, 0.717) is 32.0 Å². The maximum absolute atomic E-state index is 13.1. The van der Waals surface area contributed by atoms with Crippen LogP contribution in [0, 0.1) is 0 Å². The number of nitrogens with one attached hydrogen (secondary N) is 1. The molecule has 0 unspecified atom stereocenters. The fourth-order valence-corrected chi connectivity index (χ4v) is 2.05. The Morgan fingerprint density at radius 2 is 1.75 bits per heavy atom. The van der Waals surface area contributed by atoms with E-state index in [1.165, 1.54) is 0 Å². The highest BCUT2D eigenvalue weighted by molar-refractivity contribution is 5.48. The van der Waals surface area contributed by atoms with Gasteiger partial charge in [-0.2, -0.15) is 13.2 Å². The summed E-state index contributed by atoms with van der Waals surface area (Å²) in [6, 6.07) is 0. The van der Waals surface area contributed by atoms with Crippen LogP contribution >= 0.6 is 0 Å². The van der Waals surface area contributed by atoms with E-state index in [-0.39, 0.29) is 11.2 Å². The smallest absolute Gasteiger partial charge is 0.353 e. The molecule has 0 atom stereocenters. The van der Waals surface area contributed by atoms with Gasteiger partial charge in [-0.1, -0.05) is 20.8 Å². The molecule has 1 aromatic rings. The summed E-state index contributed by atoms with van der Waals surface area (Å²) in [7, 11) is 0. The molecule has 1 fully saturated rings. The van der Waals surface area contributed by atoms with Gasteiger partial charge in [0.2, 0.25) is 0 Å². The summed E-state index contributed by atoms with van der Waals surface area (Å²) in [6.45, 7) is 8.01. The number of hydrogen-bond acceptors (Lipinski definition) is 4. The normalized spacial score (nSPS) is 17.4. The number of anilines is 1. The van der Waals surface area contributed by atoms with E-state index in [2.05, 4.69) is 15.3 Å². The SMILES string of the molecule is CC(C)(C)c1ncc(C(F)(F)F)c(N2CCNCC2)n1. The zero-order valence-corrected chi connectivity index (χ0v) is 11.9. The summed E-state index contributed by atoms with van der Waals surface area (Å²) in [5, 5.41) is 3.12. The van der Waals surface area contributed by atoms with Gasteiger partial charge in [-0.15, -0.1) is 0 Å². The molecule has 7 heteroatoms. The van der Waals surface area contributed by atoms with Crippen molar-refractivity contribution < 1.29 is 13.2 Å². The highest BCUT2D eigenvalue weighted by Crippen LogP contribution is 2.36. The first-order valence-electron chi connectivity index (χ1n) is 6.60. The molecule has 20 heavy (non-hydrogen) atoms. The predicted molar refractivity (Wildman–Crippen MR) is 70.8 cm³/mol. The first kappa shape index (κ1) is 15.0. The summed E-state index contributed by atoms with van der Waals surface area (Å²) in [5.41, 5.74) is -1.14. The van der Waals surface area contributed by atoms with Crippen molar-refractivity contribution in [2.75, 3.05) is 31.1 Å². The van der Waals surface area contributed by atoms with Crippen LogP contribution in [0.2, 0.25) is 0 Å². The third-order valence-electron chi connectivity index (χ3n) is 3.16. The van der Waals surface area contributed by atoms with Crippen molar-refractivity contribution in [3.05, 3.63) is 17.6 Å². The zero-order chi connectivity index (χ0) is 15.0. The second-order valence-electron chi connectivity index (χ2n) is 5.92.